The van der Waals surface area contributed by atoms with Crippen LogP contribution in [0.4, 0.5) is 34.1 Å². The molecule has 0 spiro atoms. The van der Waals surface area contributed by atoms with Gasteiger partial charge in [-0.3, -0.25) is 0 Å². The van der Waals surface area contributed by atoms with Gasteiger partial charge in [0.05, 0.1) is 22.4 Å². The highest BCUT2D eigenvalue weighted by Gasteiger charge is 2.46. The minimum Gasteiger partial charge on any atom is -0.311 e. The van der Waals surface area contributed by atoms with Gasteiger partial charge in [0.2, 0.25) is 0 Å². The van der Waals surface area contributed by atoms with Crippen LogP contribution in [0.1, 0.15) is 79.0 Å². The fourth-order valence-corrected chi connectivity index (χ4v) is 16.5. The minimum absolute atomic E-state index is 0.0472. The molecular weight excluding hydrogens is 1230 g/mol. The number of fused-ring (bicyclic) bond motifs is 9. The predicted molar refractivity (Wildman–Crippen MR) is 439 cm³/mol. The normalized spacial score (nSPS) is 12.9. The number of rotatable bonds is 9. The van der Waals surface area contributed by atoms with Crippen LogP contribution >= 0.6 is 0 Å². The maximum Gasteiger partial charge on any atom is 0.252 e. The van der Waals surface area contributed by atoms with Gasteiger partial charge in [0.15, 0.2) is 0 Å². The number of hydrogen-bond donors (Lipinski definition) is 0. The molecule has 0 amide bonds. The lowest BCUT2D eigenvalue weighted by atomic mass is 9.33. The average molecular weight is 1310 g/mol. The van der Waals surface area contributed by atoms with Crippen molar-refractivity contribution in [1.29, 1.82) is 0 Å². The van der Waals surface area contributed by atoms with Crippen molar-refractivity contribution < 1.29 is 0 Å². The molecule has 2 aliphatic heterocycles. The Balaban J connectivity index is 1.00. The van der Waals surface area contributed by atoms with Crippen LogP contribution in [-0.4, -0.2) is 11.3 Å². The molecule has 3 nitrogen and oxygen atoms in total. The molecule has 18 rings (SSSR count). The fraction of sp³-hybridized carbons (Fsp3) is 0.122. The van der Waals surface area contributed by atoms with E-state index in [0.29, 0.717) is 0 Å². The Morgan fingerprint density at radius 3 is 1.19 bits per heavy atom. The van der Waals surface area contributed by atoms with Gasteiger partial charge in [-0.05, 0) is 206 Å². The molecule has 15 aromatic carbocycles. The van der Waals surface area contributed by atoms with Crippen LogP contribution in [-0.2, 0) is 16.2 Å². The standard InChI is InChI=1S/C98H80BN3/c1-96(2,3)73-45-51-87-82(58-73)83-59-74(97(4,5)6)46-52-88(83)100(87)76-47-49-85-90(62-76)101(86-50-44-68(63-29-15-10-16-30-63)54-79(86)65-33-19-12-20-34-65)91-60-75(98(7,8)9)61-92-94(91)99(85)84-48-43-71(93-77-41-27-25-39-69(77)53-70-40-26-28-42-78(70)93)57-89(84)102(92)95-80(66-35-21-13-22-36-66)55-72(64-31-17-11-18-32-64)56-81(95)67-37-23-14-24-38-67/h10-62H,1-9H3. The molecular formula is C98H80BN3. The lowest BCUT2D eigenvalue weighted by Crippen LogP contribution is -2.61. The predicted octanol–water partition coefficient (Wildman–Crippen LogP) is 25.1. The third-order valence-electron chi connectivity index (χ3n) is 21.8. The molecule has 0 bridgehead atoms. The van der Waals surface area contributed by atoms with Crippen molar-refractivity contribution in [1.82, 2.24) is 4.57 Å². The summed E-state index contributed by atoms with van der Waals surface area (Å²) in [6.07, 6.45) is 0. The maximum absolute atomic E-state index is 2.72. The Morgan fingerprint density at radius 1 is 0.255 bits per heavy atom. The summed E-state index contributed by atoms with van der Waals surface area (Å²) in [7, 11) is 0. The smallest absolute Gasteiger partial charge is 0.252 e. The van der Waals surface area contributed by atoms with Crippen LogP contribution in [0.15, 0.2) is 322 Å². The second kappa shape index (κ2) is 24.0. The van der Waals surface area contributed by atoms with Gasteiger partial charge in [0.25, 0.3) is 6.71 Å². The molecule has 102 heavy (non-hydrogen) atoms. The zero-order chi connectivity index (χ0) is 69.3. The number of hydrogen-bond acceptors (Lipinski definition) is 2. The van der Waals surface area contributed by atoms with Crippen LogP contribution in [0.2, 0.25) is 0 Å². The van der Waals surface area contributed by atoms with Crippen LogP contribution in [0.25, 0.3) is 116 Å². The Hall–Kier alpha value is -11.7. The molecule has 0 aliphatic carbocycles. The van der Waals surface area contributed by atoms with Gasteiger partial charge in [-0.2, -0.15) is 0 Å². The summed E-state index contributed by atoms with van der Waals surface area (Å²) in [6, 6.07) is 122. The van der Waals surface area contributed by atoms with Gasteiger partial charge in [-0.1, -0.05) is 299 Å². The van der Waals surface area contributed by atoms with Crippen molar-refractivity contribution >= 4 is 101 Å². The molecule has 0 saturated carbocycles. The van der Waals surface area contributed by atoms with Crippen molar-refractivity contribution in [2.24, 2.45) is 0 Å². The van der Waals surface area contributed by atoms with Crippen molar-refractivity contribution in [3.05, 3.63) is 338 Å². The molecule has 0 unspecified atom stereocenters. The Kier molecular flexibility index (Phi) is 14.7. The molecule has 490 valence electrons. The maximum atomic E-state index is 2.72. The summed E-state index contributed by atoms with van der Waals surface area (Å²) in [4.78, 5) is 5.40. The number of nitrogens with zero attached hydrogens (tertiary/aromatic N) is 3. The highest BCUT2D eigenvalue weighted by Crippen LogP contribution is 2.55. The first-order valence-electron chi connectivity index (χ1n) is 36.2. The van der Waals surface area contributed by atoms with Gasteiger partial charge < -0.3 is 14.4 Å². The zero-order valence-corrected chi connectivity index (χ0v) is 59.5. The molecule has 0 atom stereocenters. The number of anilines is 6. The first-order valence-corrected chi connectivity index (χ1v) is 36.2. The lowest BCUT2D eigenvalue weighted by Gasteiger charge is -2.46. The summed E-state index contributed by atoms with van der Waals surface area (Å²) in [6.45, 7) is 20.9. The molecule has 16 aromatic rings. The highest BCUT2D eigenvalue weighted by molar-refractivity contribution is 7.00. The second-order valence-electron chi connectivity index (χ2n) is 31.3. The zero-order valence-electron chi connectivity index (χ0n) is 59.5. The monoisotopic (exact) mass is 1310 g/mol. The van der Waals surface area contributed by atoms with E-state index in [1.54, 1.807) is 0 Å². The summed E-state index contributed by atoms with van der Waals surface area (Å²) >= 11 is 0. The Morgan fingerprint density at radius 2 is 0.676 bits per heavy atom. The molecule has 4 heteroatoms. The van der Waals surface area contributed by atoms with Gasteiger partial charge in [-0.15, -0.1) is 0 Å². The largest absolute Gasteiger partial charge is 0.311 e. The SMILES string of the molecule is CC(C)(C)c1cc2c3c(c1)N(c1c(-c4ccccc4)cc(-c4ccccc4)cc1-c1ccccc1)c1cc(-c4c5ccccc5cc5ccccc45)ccc1B3c1ccc(-n3c4ccc(C(C)(C)C)cc4c4cc(C(C)(C)C)ccc43)cc1N2c1ccc(-c2ccccc2)cc1-c1ccccc1. The lowest BCUT2D eigenvalue weighted by molar-refractivity contribution is 0.590. The molecule has 3 heterocycles. The van der Waals surface area contributed by atoms with E-state index in [2.05, 4.69) is 398 Å². The average Bonchev–Trinajstić information content (AvgIpc) is 0.863. The van der Waals surface area contributed by atoms with Crippen molar-refractivity contribution in [3.8, 4) is 72.4 Å². The molecule has 0 N–H and O–H groups in total. The summed E-state index contributed by atoms with van der Waals surface area (Å²) < 4.78 is 2.55. The Labute approximate surface area is 600 Å². The number of benzene rings is 15. The molecule has 0 radical (unpaired) electrons. The van der Waals surface area contributed by atoms with Gasteiger partial charge in [0, 0.05) is 55.9 Å². The third kappa shape index (κ3) is 10.5. The summed E-state index contributed by atoms with van der Waals surface area (Å²) in [5, 5.41) is 7.43. The summed E-state index contributed by atoms with van der Waals surface area (Å²) in [5.41, 5.74) is 31.5. The quantitative estimate of drug-likeness (QED) is 0.105. The van der Waals surface area contributed by atoms with E-state index in [1.165, 1.54) is 98.7 Å². The fourth-order valence-electron chi connectivity index (χ4n) is 16.5. The highest BCUT2D eigenvalue weighted by atomic mass is 15.2. The van der Waals surface area contributed by atoms with Crippen LogP contribution in [0.5, 0.6) is 0 Å². The first-order chi connectivity index (χ1) is 49.5. The van der Waals surface area contributed by atoms with Gasteiger partial charge in [-0.25, -0.2) is 0 Å². The molecule has 1 aromatic heterocycles. The minimum atomic E-state index is -0.313. The third-order valence-corrected chi connectivity index (χ3v) is 21.8. The van der Waals surface area contributed by atoms with E-state index < -0.39 is 0 Å². The van der Waals surface area contributed by atoms with E-state index >= 15 is 0 Å². The van der Waals surface area contributed by atoms with Crippen molar-refractivity contribution in [3.63, 3.8) is 0 Å². The van der Waals surface area contributed by atoms with Crippen LogP contribution in [0, 0.1) is 0 Å². The van der Waals surface area contributed by atoms with Gasteiger partial charge in [0.1, 0.15) is 0 Å². The molecule has 0 saturated heterocycles. The molecule has 0 fully saturated rings. The van der Waals surface area contributed by atoms with E-state index in [9.17, 15) is 0 Å². The van der Waals surface area contributed by atoms with E-state index in [1.807, 2.05) is 0 Å². The van der Waals surface area contributed by atoms with Crippen molar-refractivity contribution in [2.75, 3.05) is 9.80 Å². The van der Waals surface area contributed by atoms with Gasteiger partial charge >= 0.3 is 0 Å². The van der Waals surface area contributed by atoms with Crippen molar-refractivity contribution in [2.45, 2.75) is 78.6 Å². The van der Waals surface area contributed by atoms with Crippen LogP contribution < -0.4 is 26.2 Å². The van der Waals surface area contributed by atoms with E-state index in [-0.39, 0.29) is 23.0 Å². The summed E-state index contributed by atoms with van der Waals surface area (Å²) in [5.74, 6) is 0. The van der Waals surface area contributed by atoms with E-state index in [0.717, 1.165) is 84.3 Å². The first kappa shape index (κ1) is 62.5. The van der Waals surface area contributed by atoms with Crippen LogP contribution in [0.3, 0.4) is 0 Å². The molecule has 2 aliphatic rings. The number of aromatic nitrogens is 1. The van der Waals surface area contributed by atoms with E-state index in [4.69, 9.17) is 0 Å². The topological polar surface area (TPSA) is 11.4 Å². The second-order valence-corrected chi connectivity index (χ2v) is 31.3. The Bertz CT molecular complexity index is 5800.